The van der Waals surface area contributed by atoms with E-state index in [2.05, 4.69) is 4.98 Å². The Balaban J connectivity index is 1.63. The summed E-state index contributed by atoms with van der Waals surface area (Å²) in [5, 5.41) is 9.68. The smallest absolute Gasteiger partial charge is 0.307 e. The first-order valence-corrected chi connectivity index (χ1v) is 10.4. The number of rotatable bonds is 10. The average Bonchev–Trinajstić information content (AvgIpc) is 3.04. The van der Waals surface area contributed by atoms with Gasteiger partial charge in [0.2, 0.25) is 5.88 Å². The van der Waals surface area contributed by atoms with Crippen LogP contribution in [0.2, 0.25) is 0 Å². The van der Waals surface area contributed by atoms with Gasteiger partial charge in [-0.1, -0.05) is 23.5 Å². The van der Waals surface area contributed by atoms with Gasteiger partial charge < -0.3 is 19.3 Å². The molecule has 0 fully saturated rings. The number of H-pyrrole nitrogens is 1. The van der Waals surface area contributed by atoms with Gasteiger partial charge in [-0.2, -0.15) is 0 Å². The van der Waals surface area contributed by atoms with Crippen LogP contribution in [0.15, 0.2) is 47.3 Å². The molecule has 7 nitrogen and oxygen atoms in total. The summed E-state index contributed by atoms with van der Waals surface area (Å²) in [6, 6.07) is 12.3. The SMILES string of the molecule is CCOc1cc(OCC)cc(C(=O)COc2ccc(Cc3sc(=O)[nH]c3O)cc2)c1. The third kappa shape index (κ3) is 5.64. The molecule has 0 radical (unpaired) electrons. The minimum absolute atomic E-state index is 0.100. The number of ketones is 1. The van der Waals surface area contributed by atoms with Gasteiger partial charge in [-0.25, -0.2) is 0 Å². The summed E-state index contributed by atoms with van der Waals surface area (Å²) in [6.45, 7) is 4.60. The predicted molar refractivity (Wildman–Crippen MR) is 114 cm³/mol. The van der Waals surface area contributed by atoms with Crippen LogP contribution in [-0.2, 0) is 6.42 Å². The number of thiazole rings is 1. The molecule has 1 heterocycles. The zero-order valence-corrected chi connectivity index (χ0v) is 17.6. The van der Waals surface area contributed by atoms with Crippen molar-refractivity contribution in [3.05, 3.63) is 68.1 Å². The first kappa shape index (κ1) is 21.4. The zero-order chi connectivity index (χ0) is 21.5. The van der Waals surface area contributed by atoms with E-state index in [0.717, 1.165) is 16.9 Å². The molecule has 0 atom stereocenters. The largest absolute Gasteiger partial charge is 0.494 e. The van der Waals surface area contributed by atoms with Crippen molar-refractivity contribution >= 4 is 17.1 Å². The molecular formula is C22H23NO6S. The molecule has 0 saturated carbocycles. The van der Waals surface area contributed by atoms with E-state index in [1.165, 1.54) is 0 Å². The van der Waals surface area contributed by atoms with Crippen LogP contribution < -0.4 is 19.1 Å². The highest BCUT2D eigenvalue weighted by molar-refractivity contribution is 7.09. The maximum Gasteiger partial charge on any atom is 0.307 e. The molecule has 3 rings (SSSR count). The summed E-state index contributed by atoms with van der Waals surface area (Å²) in [5.41, 5.74) is 1.36. The third-order valence-corrected chi connectivity index (χ3v) is 5.05. The van der Waals surface area contributed by atoms with Crippen molar-refractivity contribution < 1.29 is 24.1 Å². The molecule has 0 aliphatic carbocycles. The fourth-order valence-electron chi connectivity index (χ4n) is 2.83. The lowest BCUT2D eigenvalue weighted by Gasteiger charge is -2.11. The lowest BCUT2D eigenvalue weighted by Crippen LogP contribution is -2.12. The van der Waals surface area contributed by atoms with Crippen molar-refractivity contribution in [2.45, 2.75) is 20.3 Å². The molecule has 8 heteroatoms. The van der Waals surface area contributed by atoms with E-state index in [9.17, 15) is 14.7 Å². The molecule has 0 bridgehead atoms. The number of nitrogens with one attached hydrogen (secondary N) is 1. The molecule has 2 aromatic carbocycles. The molecule has 158 valence electrons. The molecule has 30 heavy (non-hydrogen) atoms. The highest BCUT2D eigenvalue weighted by Crippen LogP contribution is 2.24. The lowest BCUT2D eigenvalue weighted by molar-refractivity contribution is 0.0920. The standard InChI is InChI=1S/C22H23NO6S/c1-3-27-17-10-15(11-18(12-17)28-4-2)19(24)13-29-16-7-5-14(6-8-16)9-20-21(25)23-22(26)30-20/h5-8,10-12,25H,3-4,9,13H2,1-2H3,(H,23,26). The lowest BCUT2D eigenvalue weighted by atomic mass is 10.1. The van der Waals surface area contributed by atoms with Gasteiger partial charge in [0.1, 0.15) is 17.2 Å². The summed E-state index contributed by atoms with van der Waals surface area (Å²) in [6.07, 6.45) is 0.429. The van der Waals surface area contributed by atoms with E-state index in [4.69, 9.17) is 14.2 Å². The number of Topliss-reactive ketones (excluding diaryl/α,β-unsaturated/α-hetero) is 1. The Hall–Kier alpha value is -3.26. The number of aromatic hydroxyl groups is 1. The van der Waals surface area contributed by atoms with Crippen molar-refractivity contribution in [3.63, 3.8) is 0 Å². The molecule has 1 aromatic heterocycles. The first-order chi connectivity index (χ1) is 14.5. The Bertz CT molecular complexity index is 1030. The van der Waals surface area contributed by atoms with Gasteiger partial charge in [-0.15, -0.1) is 0 Å². The fraction of sp³-hybridized carbons (Fsp3) is 0.273. The topological polar surface area (TPSA) is 97.9 Å². The van der Waals surface area contributed by atoms with Crippen LogP contribution in [0, 0.1) is 0 Å². The quantitative estimate of drug-likeness (QED) is 0.476. The molecule has 0 aliphatic rings. The second-order valence-corrected chi connectivity index (χ2v) is 7.45. The summed E-state index contributed by atoms with van der Waals surface area (Å²) >= 11 is 0.977. The monoisotopic (exact) mass is 429 g/mol. The average molecular weight is 429 g/mol. The number of benzene rings is 2. The van der Waals surface area contributed by atoms with Crippen LogP contribution >= 0.6 is 11.3 Å². The van der Waals surface area contributed by atoms with Crippen molar-refractivity contribution in [3.8, 4) is 23.1 Å². The molecule has 0 spiro atoms. The predicted octanol–water partition coefficient (Wildman–Crippen LogP) is 3.79. The van der Waals surface area contributed by atoms with Gasteiger partial charge in [-0.3, -0.25) is 14.6 Å². The minimum atomic E-state index is -0.290. The molecule has 3 aromatic rings. The molecule has 0 saturated heterocycles. The van der Waals surface area contributed by atoms with Gasteiger partial charge in [0.15, 0.2) is 12.4 Å². The van der Waals surface area contributed by atoms with E-state index in [1.807, 2.05) is 26.0 Å². The van der Waals surface area contributed by atoms with Crippen LogP contribution in [0.4, 0.5) is 0 Å². The Morgan fingerprint density at radius 2 is 1.60 bits per heavy atom. The Morgan fingerprint density at radius 3 is 2.13 bits per heavy atom. The second kappa shape index (κ2) is 9.98. The van der Waals surface area contributed by atoms with E-state index in [-0.39, 0.29) is 23.1 Å². The summed E-state index contributed by atoms with van der Waals surface area (Å²) in [7, 11) is 0. The highest BCUT2D eigenvalue weighted by atomic mass is 32.1. The number of carbonyl (C=O) groups is 1. The molecular weight excluding hydrogens is 406 g/mol. The van der Waals surface area contributed by atoms with Crippen LogP contribution in [0.1, 0.15) is 34.6 Å². The van der Waals surface area contributed by atoms with Crippen molar-refractivity contribution in [2.75, 3.05) is 19.8 Å². The molecule has 0 unspecified atom stereocenters. The molecule has 0 aliphatic heterocycles. The van der Waals surface area contributed by atoms with Crippen molar-refractivity contribution in [2.24, 2.45) is 0 Å². The maximum atomic E-state index is 12.6. The van der Waals surface area contributed by atoms with Crippen molar-refractivity contribution in [1.82, 2.24) is 4.98 Å². The highest BCUT2D eigenvalue weighted by Gasteiger charge is 2.12. The number of hydrogen-bond acceptors (Lipinski definition) is 7. The van der Waals surface area contributed by atoms with E-state index < -0.39 is 0 Å². The minimum Gasteiger partial charge on any atom is -0.494 e. The normalized spacial score (nSPS) is 10.6. The Morgan fingerprint density at radius 1 is 0.967 bits per heavy atom. The van der Waals surface area contributed by atoms with Crippen molar-refractivity contribution in [1.29, 1.82) is 0 Å². The molecule has 0 amide bonds. The van der Waals surface area contributed by atoms with Gasteiger partial charge in [0, 0.05) is 18.1 Å². The Kier molecular flexibility index (Phi) is 7.13. The van der Waals surface area contributed by atoms with Gasteiger partial charge in [0.05, 0.1) is 18.1 Å². The fourth-order valence-corrected chi connectivity index (χ4v) is 3.58. The number of ether oxygens (including phenoxy) is 3. The number of aromatic nitrogens is 1. The van der Waals surface area contributed by atoms with Gasteiger partial charge in [0.25, 0.3) is 0 Å². The maximum absolute atomic E-state index is 12.6. The first-order valence-electron chi connectivity index (χ1n) is 9.55. The summed E-state index contributed by atoms with van der Waals surface area (Å²) < 4.78 is 16.6. The number of aromatic amines is 1. The van der Waals surface area contributed by atoms with Gasteiger partial charge >= 0.3 is 4.87 Å². The van der Waals surface area contributed by atoms with Gasteiger partial charge in [-0.05, 0) is 43.7 Å². The number of hydrogen-bond donors (Lipinski definition) is 2. The van der Waals surface area contributed by atoms with Crippen LogP contribution in [-0.4, -0.2) is 35.7 Å². The van der Waals surface area contributed by atoms with E-state index in [1.54, 1.807) is 30.3 Å². The third-order valence-electron chi connectivity index (χ3n) is 4.18. The summed E-state index contributed by atoms with van der Waals surface area (Å²) in [4.78, 5) is 26.5. The van der Waals surface area contributed by atoms with Crippen LogP contribution in [0.25, 0.3) is 0 Å². The Labute approximate surface area is 177 Å². The summed E-state index contributed by atoms with van der Waals surface area (Å²) in [5.74, 6) is 1.41. The second-order valence-electron chi connectivity index (χ2n) is 6.38. The number of carbonyl (C=O) groups excluding carboxylic acids is 1. The van der Waals surface area contributed by atoms with E-state index >= 15 is 0 Å². The van der Waals surface area contributed by atoms with Crippen LogP contribution in [0.5, 0.6) is 23.1 Å². The molecule has 2 N–H and O–H groups in total. The zero-order valence-electron chi connectivity index (χ0n) is 16.8. The van der Waals surface area contributed by atoms with Crippen LogP contribution in [0.3, 0.4) is 0 Å². The van der Waals surface area contributed by atoms with E-state index in [0.29, 0.717) is 47.3 Å².